The predicted octanol–water partition coefficient (Wildman–Crippen LogP) is -0.0861. The molecule has 3 N–H and O–H groups in total. The third-order valence-electron chi connectivity index (χ3n) is 1.16. The van der Waals surface area contributed by atoms with E-state index < -0.39 is 5.72 Å². The zero-order valence-corrected chi connectivity index (χ0v) is 7.07. The van der Waals surface area contributed by atoms with E-state index in [1.807, 2.05) is 7.05 Å². The number of hydrogen-bond donors (Lipinski definition) is 3. The average Bonchev–Trinajstić information content (AvgIpc) is 1.78. The highest BCUT2D eigenvalue weighted by atomic mass is 16.3. The highest BCUT2D eigenvalue weighted by molar-refractivity contribution is 4.61. The molecule has 0 aromatic heterocycles. The minimum Gasteiger partial charge on any atom is -0.376 e. The molecule has 0 saturated carbocycles. The molecular weight excluding hydrogens is 128 g/mol. The molecule has 0 spiro atoms. The zero-order chi connectivity index (χ0) is 8.04. The first-order valence-corrected chi connectivity index (χ1v) is 3.68. The zero-order valence-electron chi connectivity index (χ0n) is 7.07. The lowest BCUT2D eigenvalue weighted by Crippen LogP contribution is -2.39. The van der Waals surface area contributed by atoms with Gasteiger partial charge in [-0.3, -0.25) is 5.32 Å². The molecule has 0 unspecified atom stereocenters. The number of aliphatic hydroxyl groups is 1. The van der Waals surface area contributed by atoms with Gasteiger partial charge in [0, 0.05) is 0 Å². The first-order valence-electron chi connectivity index (χ1n) is 3.68. The molecule has 0 atom stereocenters. The highest BCUT2D eigenvalue weighted by Gasteiger charge is 2.08. The van der Waals surface area contributed by atoms with Crippen LogP contribution in [0.1, 0.15) is 20.3 Å². The maximum Gasteiger partial charge on any atom is 0.110 e. The van der Waals surface area contributed by atoms with Crippen molar-refractivity contribution in [2.45, 2.75) is 26.0 Å². The summed E-state index contributed by atoms with van der Waals surface area (Å²) in [6, 6.07) is 0. The topological polar surface area (TPSA) is 44.3 Å². The van der Waals surface area contributed by atoms with Gasteiger partial charge >= 0.3 is 0 Å². The fourth-order valence-electron chi connectivity index (χ4n) is 0.659. The van der Waals surface area contributed by atoms with E-state index in [0.29, 0.717) is 0 Å². The van der Waals surface area contributed by atoms with Crippen molar-refractivity contribution in [2.75, 3.05) is 20.1 Å². The molecule has 10 heavy (non-hydrogen) atoms. The Morgan fingerprint density at radius 1 is 1.30 bits per heavy atom. The van der Waals surface area contributed by atoms with Crippen LogP contribution in [0.2, 0.25) is 0 Å². The summed E-state index contributed by atoms with van der Waals surface area (Å²) in [4.78, 5) is 0. The van der Waals surface area contributed by atoms with Crippen LogP contribution in [0.15, 0.2) is 0 Å². The minimum absolute atomic E-state index is 0.728. The fourth-order valence-corrected chi connectivity index (χ4v) is 0.659. The molecule has 0 bridgehead atoms. The van der Waals surface area contributed by atoms with Crippen molar-refractivity contribution >= 4 is 0 Å². The van der Waals surface area contributed by atoms with Crippen LogP contribution in [0.5, 0.6) is 0 Å². The molecule has 0 saturated heterocycles. The van der Waals surface area contributed by atoms with Gasteiger partial charge in [-0.1, -0.05) is 0 Å². The Bertz CT molecular complexity index is 78.2. The fraction of sp³-hybridized carbons (Fsp3) is 1.00. The monoisotopic (exact) mass is 146 g/mol. The summed E-state index contributed by atoms with van der Waals surface area (Å²) in [6.45, 7) is 5.33. The summed E-state index contributed by atoms with van der Waals surface area (Å²) in [5, 5.41) is 15.2. The lowest BCUT2D eigenvalue weighted by Gasteiger charge is -2.18. The molecule has 62 valence electrons. The molecule has 0 aromatic carbocycles. The quantitative estimate of drug-likeness (QED) is 0.375. The van der Waals surface area contributed by atoms with Crippen LogP contribution in [0.4, 0.5) is 0 Å². The molecular formula is C7H18N2O. The molecule has 0 radical (unpaired) electrons. The van der Waals surface area contributed by atoms with Crippen molar-refractivity contribution in [1.82, 2.24) is 10.6 Å². The highest BCUT2D eigenvalue weighted by Crippen LogP contribution is 1.92. The van der Waals surface area contributed by atoms with Crippen molar-refractivity contribution in [3.63, 3.8) is 0 Å². The van der Waals surface area contributed by atoms with E-state index >= 15 is 0 Å². The molecule has 0 aliphatic heterocycles. The second-order valence-electron chi connectivity index (χ2n) is 2.94. The maximum absolute atomic E-state index is 9.19. The molecule has 0 aromatic rings. The van der Waals surface area contributed by atoms with Crippen LogP contribution >= 0.6 is 0 Å². The van der Waals surface area contributed by atoms with Gasteiger partial charge in [0.05, 0.1) is 0 Å². The summed E-state index contributed by atoms with van der Waals surface area (Å²) >= 11 is 0. The average molecular weight is 146 g/mol. The van der Waals surface area contributed by atoms with E-state index in [2.05, 4.69) is 10.6 Å². The van der Waals surface area contributed by atoms with Crippen molar-refractivity contribution in [1.29, 1.82) is 0 Å². The summed E-state index contributed by atoms with van der Waals surface area (Å²) in [6.07, 6.45) is 1.04. The summed E-state index contributed by atoms with van der Waals surface area (Å²) in [5.74, 6) is 0. The lowest BCUT2D eigenvalue weighted by molar-refractivity contribution is 0.0438. The lowest BCUT2D eigenvalue weighted by atomic mass is 10.3. The van der Waals surface area contributed by atoms with E-state index in [1.165, 1.54) is 0 Å². The molecule has 0 rings (SSSR count). The second kappa shape index (κ2) is 4.66. The van der Waals surface area contributed by atoms with Crippen molar-refractivity contribution in [3.05, 3.63) is 0 Å². The third kappa shape index (κ3) is 7.88. The molecule has 3 nitrogen and oxygen atoms in total. The minimum atomic E-state index is -0.728. The van der Waals surface area contributed by atoms with Crippen LogP contribution < -0.4 is 10.6 Å². The molecule has 0 heterocycles. The molecule has 0 fully saturated rings. The van der Waals surface area contributed by atoms with Crippen LogP contribution in [0.3, 0.4) is 0 Å². The van der Waals surface area contributed by atoms with Gasteiger partial charge in [0.2, 0.25) is 0 Å². The summed E-state index contributed by atoms with van der Waals surface area (Å²) in [5.41, 5.74) is -0.728. The van der Waals surface area contributed by atoms with Crippen LogP contribution in [0.25, 0.3) is 0 Å². The van der Waals surface area contributed by atoms with Gasteiger partial charge in [-0.15, -0.1) is 0 Å². The van der Waals surface area contributed by atoms with E-state index in [-0.39, 0.29) is 0 Å². The largest absolute Gasteiger partial charge is 0.376 e. The van der Waals surface area contributed by atoms with Gasteiger partial charge in [0.1, 0.15) is 5.72 Å². The Morgan fingerprint density at radius 3 is 2.30 bits per heavy atom. The van der Waals surface area contributed by atoms with Gasteiger partial charge in [-0.25, -0.2) is 0 Å². The first-order chi connectivity index (χ1) is 4.56. The molecule has 0 aliphatic carbocycles. The van der Waals surface area contributed by atoms with Gasteiger partial charge in [-0.2, -0.15) is 0 Å². The Hall–Kier alpha value is -0.120. The smallest absolute Gasteiger partial charge is 0.110 e. The van der Waals surface area contributed by atoms with Crippen molar-refractivity contribution in [2.24, 2.45) is 0 Å². The van der Waals surface area contributed by atoms with E-state index in [4.69, 9.17) is 0 Å². The Balaban J connectivity index is 3.04. The summed E-state index contributed by atoms with van der Waals surface area (Å²) < 4.78 is 0. The molecule has 3 heteroatoms. The SMILES string of the molecule is CNCCCNC(C)(C)O. The number of rotatable bonds is 5. The Labute approximate surface area is 62.8 Å². The normalized spacial score (nSPS) is 12.0. The first kappa shape index (κ1) is 9.88. The third-order valence-corrected chi connectivity index (χ3v) is 1.16. The molecule has 0 amide bonds. The van der Waals surface area contributed by atoms with Crippen LogP contribution in [0, 0.1) is 0 Å². The predicted molar refractivity (Wildman–Crippen MR) is 42.8 cm³/mol. The number of nitrogens with one attached hydrogen (secondary N) is 2. The van der Waals surface area contributed by atoms with E-state index in [9.17, 15) is 5.11 Å². The maximum atomic E-state index is 9.19. The van der Waals surface area contributed by atoms with E-state index in [1.54, 1.807) is 13.8 Å². The Morgan fingerprint density at radius 2 is 1.90 bits per heavy atom. The number of hydrogen-bond acceptors (Lipinski definition) is 3. The van der Waals surface area contributed by atoms with Crippen LogP contribution in [-0.4, -0.2) is 31.0 Å². The standard InChI is InChI=1S/C7H18N2O/c1-7(2,10)9-6-4-5-8-3/h8-10H,4-6H2,1-3H3. The Kier molecular flexibility index (Phi) is 4.60. The van der Waals surface area contributed by atoms with Crippen molar-refractivity contribution < 1.29 is 5.11 Å². The summed E-state index contributed by atoms with van der Waals surface area (Å²) in [7, 11) is 1.92. The van der Waals surface area contributed by atoms with Crippen LogP contribution in [-0.2, 0) is 0 Å². The van der Waals surface area contributed by atoms with Gasteiger partial charge in [-0.05, 0) is 40.4 Å². The van der Waals surface area contributed by atoms with Gasteiger partial charge < -0.3 is 10.4 Å². The van der Waals surface area contributed by atoms with Crippen molar-refractivity contribution in [3.8, 4) is 0 Å². The van der Waals surface area contributed by atoms with Gasteiger partial charge in [0.15, 0.2) is 0 Å². The molecule has 0 aliphatic rings. The van der Waals surface area contributed by atoms with Gasteiger partial charge in [0.25, 0.3) is 0 Å². The second-order valence-corrected chi connectivity index (χ2v) is 2.94. The van der Waals surface area contributed by atoms with E-state index in [0.717, 1.165) is 19.5 Å².